The second kappa shape index (κ2) is 7.00. The molecule has 0 spiro atoms. The quantitative estimate of drug-likeness (QED) is 0.808. The van der Waals surface area contributed by atoms with Gasteiger partial charge in [0.2, 0.25) is 5.91 Å². The molecule has 2 aromatic carbocycles. The smallest absolute Gasteiger partial charge is 0.307 e. The van der Waals surface area contributed by atoms with E-state index < -0.39 is 12.0 Å². The Bertz CT molecular complexity index is 854. The number of amides is 2. The molecule has 0 unspecified atom stereocenters. The van der Waals surface area contributed by atoms with Crippen LogP contribution in [-0.4, -0.2) is 28.9 Å². The van der Waals surface area contributed by atoms with Gasteiger partial charge in [0.25, 0.3) is 5.91 Å². The second-order valence-corrected chi connectivity index (χ2v) is 6.48. The molecule has 6 heteroatoms. The minimum Gasteiger partial charge on any atom is -0.481 e. The van der Waals surface area contributed by atoms with Gasteiger partial charge in [0, 0.05) is 5.69 Å². The zero-order valence-corrected chi connectivity index (χ0v) is 14.7. The first-order valence-corrected chi connectivity index (χ1v) is 8.37. The molecule has 134 valence electrons. The maximum Gasteiger partial charge on any atom is 0.307 e. The fraction of sp³-hybridized carbons (Fsp3) is 0.250. The first-order chi connectivity index (χ1) is 12.4. The predicted octanol–water partition coefficient (Wildman–Crippen LogP) is 2.67. The number of nitrogens with zero attached hydrogens (tertiary/aromatic N) is 1. The van der Waals surface area contributed by atoms with Gasteiger partial charge in [0.15, 0.2) is 0 Å². The molecule has 0 aromatic heterocycles. The first-order valence-electron chi connectivity index (χ1n) is 8.37. The Labute approximate surface area is 151 Å². The summed E-state index contributed by atoms with van der Waals surface area (Å²) in [7, 11) is 0. The molecule has 1 heterocycles. The van der Waals surface area contributed by atoms with Crippen LogP contribution in [0.2, 0.25) is 0 Å². The molecule has 1 atom stereocenters. The highest BCUT2D eigenvalue weighted by atomic mass is 16.4. The van der Waals surface area contributed by atoms with Gasteiger partial charge in [-0.1, -0.05) is 30.3 Å². The summed E-state index contributed by atoms with van der Waals surface area (Å²) >= 11 is 0. The number of anilines is 2. The van der Waals surface area contributed by atoms with Crippen molar-refractivity contribution in [3.05, 3.63) is 59.2 Å². The van der Waals surface area contributed by atoms with E-state index in [0.29, 0.717) is 16.9 Å². The summed E-state index contributed by atoms with van der Waals surface area (Å²) < 4.78 is 0. The summed E-state index contributed by atoms with van der Waals surface area (Å²) in [5.74, 6) is -1.40. The Morgan fingerprint density at radius 2 is 1.73 bits per heavy atom. The van der Waals surface area contributed by atoms with Gasteiger partial charge in [0.1, 0.15) is 6.04 Å². The van der Waals surface area contributed by atoms with Gasteiger partial charge < -0.3 is 10.4 Å². The van der Waals surface area contributed by atoms with Crippen LogP contribution in [0.25, 0.3) is 0 Å². The van der Waals surface area contributed by atoms with Gasteiger partial charge in [-0.2, -0.15) is 0 Å². The van der Waals surface area contributed by atoms with Crippen molar-refractivity contribution < 1.29 is 19.5 Å². The SMILES string of the molecule is Cc1cccc(C)c1N1C(=O)C[C@H](Nc2ccc(CC(=O)O)cc2)C1=O. The Hall–Kier alpha value is -3.15. The Morgan fingerprint density at radius 3 is 2.31 bits per heavy atom. The average molecular weight is 352 g/mol. The highest BCUT2D eigenvalue weighted by molar-refractivity contribution is 6.23. The van der Waals surface area contributed by atoms with Gasteiger partial charge in [-0.25, -0.2) is 4.90 Å². The van der Waals surface area contributed by atoms with Crippen molar-refractivity contribution in [1.29, 1.82) is 0 Å². The number of aryl methyl sites for hydroxylation is 2. The molecule has 0 radical (unpaired) electrons. The van der Waals surface area contributed by atoms with E-state index in [1.165, 1.54) is 4.90 Å². The van der Waals surface area contributed by atoms with Gasteiger partial charge in [0.05, 0.1) is 18.5 Å². The standard InChI is InChI=1S/C20H20N2O4/c1-12-4-3-5-13(2)19(12)22-17(23)11-16(20(22)26)21-15-8-6-14(7-9-15)10-18(24)25/h3-9,16,21H,10-11H2,1-2H3,(H,24,25)/t16-/m0/s1. The highest BCUT2D eigenvalue weighted by Crippen LogP contribution is 2.30. The molecule has 2 aromatic rings. The third-order valence-corrected chi connectivity index (χ3v) is 4.46. The zero-order chi connectivity index (χ0) is 18.8. The normalized spacial score (nSPS) is 16.8. The number of rotatable bonds is 5. The summed E-state index contributed by atoms with van der Waals surface area (Å²) in [5, 5.41) is 11.9. The lowest BCUT2D eigenvalue weighted by molar-refractivity contribution is -0.136. The number of hydrogen-bond acceptors (Lipinski definition) is 4. The van der Waals surface area contributed by atoms with Crippen molar-refractivity contribution in [2.75, 3.05) is 10.2 Å². The van der Waals surface area contributed by atoms with Crippen LogP contribution >= 0.6 is 0 Å². The van der Waals surface area contributed by atoms with Crippen LogP contribution in [0.1, 0.15) is 23.1 Å². The molecule has 1 fully saturated rings. The molecule has 3 rings (SSSR count). The summed E-state index contributed by atoms with van der Waals surface area (Å²) in [6, 6.07) is 11.9. The summed E-state index contributed by atoms with van der Waals surface area (Å²) in [5.41, 5.74) is 3.77. The molecule has 0 bridgehead atoms. The lowest BCUT2D eigenvalue weighted by Gasteiger charge is -2.20. The number of carboxylic acids is 1. The van der Waals surface area contributed by atoms with Crippen molar-refractivity contribution in [2.45, 2.75) is 32.7 Å². The van der Waals surface area contributed by atoms with E-state index in [9.17, 15) is 14.4 Å². The number of benzene rings is 2. The topological polar surface area (TPSA) is 86.7 Å². The maximum atomic E-state index is 12.8. The zero-order valence-electron chi connectivity index (χ0n) is 14.7. The number of carboxylic acid groups (broad SMARTS) is 1. The van der Waals surface area contributed by atoms with Crippen LogP contribution in [0.5, 0.6) is 0 Å². The fourth-order valence-corrected chi connectivity index (χ4v) is 3.23. The van der Waals surface area contributed by atoms with E-state index in [2.05, 4.69) is 5.32 Å². The molecule has 0 saturated carbocycles. The van der Waals surface area contributed by atoms with E-state index in [-0.39, 0.29) is 24.7 Å². The van der Waals surface area contributed by atoms with Crippen LogP contribution in [0, 0.1) is 13.8 Å². The molecule has 2 amide bonds. The van der Waals surface area contributed by atoms with Gasteiger partial charge >= 0.3 is 5.97 Å². The molecule has 1 aliphatic heterocycles. The second-order valence-electron chi connectivity index (χ2n) is 6.48. The molecule has 26 heavy (non-hydrogen) atoms. The number of para-hydroxylation sites is 1. The van der Waals surface area contributed by atoms with Crippen LogP contribution in [0.15, 0.2) is 42.5 Å². The minimum atomic E-state index is -0.897. The Balaban J connectivity index is 1.78. The number of imide groups is 1. The molecule has 2 N–H and O–H groups in total. The van der Waals surface area contributed by atoms with Crippen molar-refractivity contribution in [2.24, 2.45) is 0 Å². The average Bonchev–Trinajstić information content (AvgIpc) is 2.84. The molecule has 6 nitrogen and oxygen atoms in total. The molecular formula is C20H20N2O4. The van der Waals surface area contributed by atoms with Crippen LogP contribution in [-0.2, 0) is 20.8 Å². The number of carbonyl (C=O) groups excluding carboxylic acids is 2. The van der Waals surface area contributed by atoms with Crippen molar-refractivity contribution >= 4 is 29.2 Å². The monoisotopic (exact) mass is 352 g/mol. The predicted molar refractivity (Wildman–Crippen MR) is 98.2 cm³/mol. The van der Waals surface area contributed by atoms with Gasteiger partial charge in [-0.15, -0.1) is 0 Å². The highest BCUT2D eigenvalue weighted by Gasteiger charge is 2.40. The lowest BCUT2D eigenvalue weighted by atomic mass is 10.1. The van der Waals surface area contributed by atoms with Crippen LogP contribution < -0.4 is 10.2 Å². The number of hydrogen-bond donors (Lipinski definition) is 2. The maximum absolute atomic E-state index is 12.8. The van der Waals surface area contributed by atoms with Crippen molar-refractivity contribution in [1.82, 2.24) is 0 Å². The van der Waals surface area contributed by atoms with Crippen molar-refractivity contribution in [3.63, 3.8) is 0 Å². The van der Waals surface area contributed by atoms with E-state index in [1.54, 1.807) is 24.3 Å². The largest absolute Gasteiger partial charge is 0.481 e. The minimum absolute atomic E-state index is 0.0541. The summed E-state index contributed by atoms with van der Waals surface area (Å²) in [6.45, 7) is 3.76. The number of carbonyl (C=O) groups is 3. The van der Waals surface area contributed by atoms with E-state index in [1.807, 2.05) is 32.0 Å². The molecule has 1 saturated heterocycles. The molecule has 0 aliphatic carbocycles. The third-order valence-electron chi connectivity index (χ3n) is 4.46. The Kier molecular flexibility index (Phi) is 4.75. The molecule has 1 aliphatic rings. The van der Waals surface area contributed by atoms with E-state index >= 15 is 0 Å². The summed E-state index contributed by atoms with van der Waals surface area (Å²) in [4.78, 5) is 37.3. The van der Waals surface area contributed by atoms with Crippen molar-refractivity contribution in [3.8, 4) is 0 Å². The third kappa shape index (κ3) is 3.44. The number of aliphatic carboxylic acids is 1. The summed E-state index contributed by atoms with van der Waals surface area (Å²) in [6.07, 6.45) is 0.0327. The lowest BCUT2D eigenvalue weighted by Crippen LogP contribution is -2.35. The Morgan fingerprint density at radius 1 is 1.12 bits per heavy atom. The van der Waals surface area contributed by atoms with Crippen LogP contribution in [0.4, 0.5) is 11.4 Å². The first kappa shape index (κ1) is 17.7. The molecular weight excluding hydrogens is 332 g/mol. The van der Waals surface area contributed by atoms with Gasteiger partial charge in [-0.3, -0.25) is 14.4 Å². The van der Waals surface area contributed by atoms with E-state index in [0.717, 1.165) is 11.1 Å². The van der Waals surface area contributed by atoms with Gasteiger partial charge in [-0.05, 0) is 42.7 Å². The fourth-order valence-electron chi connectivity index (χ4n) is 3.23. The van der Waals surface area contributed by atoms with E-state index in [4.69, 9.17) is 5.11 Å². The number of nitrogens with one attached hydrogen (secondary N) is 1. The van der Waals surface area contributed by atoms with Crippen LogP contribution in [0.3, 0.4) is 0 Å².